The molecule has 0 aromatic heterocycles. The van der Waals surface area contributed by atoms with Crippen LogP contribution in [0.2, 0.25) is 5.02 Å². The highest BCUT2D eigenvalue weighted by molar-refractivity contribution is 9.10. The van der Waals surface area contributed by atoms with Gasteiger partial charge in [-0.3, -0.25) is 0 Å². The number of ether oxygens (including phenoxy) is 1. The second kappa shape index (κ2) is 6.19. The summed E-state index contributed by atoms with van der Waals surface area (Å²) < 4.78 is 32.9. The van der Waals surface area contributed by atoms with Crippen LogP contribution < -0.4 is 15.2 Å². The third-order valence-corrected chi connectivity index (χ3v) is 5.99. The fourth-order valence-corrected chi connectivity index (χ4v) is 4.64. The third-order valence-electron chi connectivity index (χ3n) is 3.25. The number of halogens is 2. The molecule has 0 heterocycles. The molecule has 5 nitrogen and oxygen atoms in total. The number of hydrogen-bond acceptors (Lipinski definition) is 4. The highest BCUT2D eigenvalue weighted by Gasteiger charge is 2.34. The summed E-state index contributed by atoms with van der Waals surface area (Å²) in [6, 6.07) is 2.67. The maximum atomic E-state index is 12.4. The van der Waals surface area contributed by atoms with Gasteiger partial charge in [-0.2, -0.15) is 0 Å². The molecule has 0 bridgehead atoms. The molecule has 20 heavy (non-hydrogen) atoms. The summed E-state index contributed by atoms with van der Waals surface area (Å²) in [5.41, 5.74) is 5.63. The smallest absolute Gasteiger partial charge is 0.242 e. The summed E-state index contributed by atoms with van der Waals surface area (Å²) in [6.07, 6.45) is 2.02. The molecule has 1 aromatic carbocycles. The number of nitrogens with one attached hydrogen (secondary N) is 1. The van der Waals surface area contributed by atoms with Crippen molar-refractivity contribution in [1.29, 1.82) is 0 Å². The molecule has 3 N–H and O–H groups in total. The Morgan fingerprint density at radius 3 is 2.70 bits per heavy atom. The SMILES string of the molecule is COc1cc(Br)c(S(=O)(=O)NC(CN)C2CC2)cc1Cl. The zero-order valence-corrected chi connectivity index (χ0v) is 14.1. The van der Waals surface area contributed by atoms with Crippen LogP contribution >= 0.6 is 27.5 Å². The zero-order valence-electron chi connectivity index (χ0n) is 10.9. The Bertz CT molecular complexity index is 605. The number of hydrogen-bond donors (Lipinski definition) is 2. The lowest BCUT2D eigenvalue weighted by Gasteiger charge is -2.17. The van der Waals surface area contributed by atoms with Gasteiger partial charge in [-0.05, 0) is 46.8 Å². The lowest BCUT2D eigenvalue weighted by Crippen LogP contribution is -2.41. The molecule has 1 fully saturated rings. The maximum Gasteiger partial charge on any atom is 0.242 e. The van der Waals surface area contributed by atoms with Crippen molar-refractivity contribution >= 4 is 37.6 Å². The van der Waals surface area contributed by atoms with Gasteiger partial charge < -0.3 is 10.5 Å². The van der Waals surface area contributed by atoms with E-state index < -0.39 is 10.0 Å². The fraction of sp³-hybridized carbons (Fsp3) is 0.500. The molecule has 1 aliphatic carbocycles. The van der Waals surface area contributed by atoms with Gasteiger partial charge in [0, 0.05) is 17.1 Å². The molecule has 1 saturated carbocycles. The van der Waals surface area contributed by atoms with E-state index in [-0.39, 0.29) is 22.5 Å². The maximum absolute atomic E-state index is 12.4. The Balaban J connectivity index is 2.31. The van der Waals surface area contributed by atoms with Gasteiger partial charge in [0.2, 0.25) is 10.0 Å². The fourth-order valence-electron chi connectivity index (χ4n) is 1.97. The first-order valence-corrected chi connectivity index (χ1v) is 8.80. The van der Waals surface area contributed by atoms with Crippen LogP contribution in [0.3, 0.4) is 0 Å². The second-order valence-corrected chi connectivity index (χ2v) is 7.66. The van der Waals surface area contributed by atoms with E-state index in [4.69, 9.17) is 22.1 Å². The molecule has 0 aliphatic heterocycles. The normalized spacial score (nSPS) is 17.0. The predicted molar refractivity (Wildman–Crippen MR) is 81.6 cm³/mol. The predicted octanol–water partition coefficient (Wildman–Crippen LogP) is 2.13. The van der Waals surface area contributed by atoms with E-state index in [1.165, 1.54) is 19.2 Å². The van der Waals surface area contributed by atoms with Crippen LogP contribution in [0.1, 0.15) is 12.8 Å². The van der Waals surface area contributed by atoms with E-state index in [1.807, 2.05) is 0 Å². The summed E-state index contributed by atoms with van der Waals surface area (Å²) in [7, 11) is -2.20. The van der Waals surface area contributed by atoms with Gasteiger partial charge in [0.15, 0.2) is 0 Å². The van der Waals surface area contributed by atoms with Crippen LogP contribution in [-0.2, 0) is 10.0 Å². The lowest BCUT2D eigenvalue weighted by molar-refractivity contribution is 0.414. The Kier molecular flexibility index (Phi) is 4.96. The van der Waals surface area contributed by atoms with Crippen LogP contribution in [-0.4, -0.2) is 28.1 Å². The molecule has 1 atom stereocenters. The summed E-state index contributed by atoms with van der Waals surface area (Å²) in [5, 5.41) is 0.242. The molecule has 0 spiro atoms. The molecule has 0 amide bonds. The molecule has 2 rings (SSSR count). The Morgan fingerprint density at radius 1 is 1.55 bits per heavy atom. The average molecular weight is 384 g/mol. The van der Waals surface area contributed by atoms with Gasteiger partial charge in [0.25, 0.3) is 0 Å². The van der Waals surface area contributed by atoms with E-state index in [1.54, 1.807) is 0 Å². The van der Waals surface area contributed by atoms with Crippen LogP contribution in [0, 0.1) is 5.92 Å². The van der Waals surface area contributed by atoms with Gasteiger partial charge in [0.1, 0.15) is 5.75 Å². The molecule has 0 saturated heterocycles. The first-order chi connectivity index (χ1) is 9.39. The van der Waals surface area contributed by atoms with Crippen molar-refractivity contribution in [2.75, 3.05) is 13.7 Å². The Hall–Kier alpha value is -0.340. The van der Waals surface area contributed by atoms with Gasteiger partial charge in [0.05, 0.1) is 17.0 Å². The number of benzene rings is 1. The minimum Gasteiger partial charge on any atom is -0.495 e. The quantitative estimate of drug-likeness (QED) is 0.788. The van der Waals surface area contributed by atoms with Crippen LogP contribution in [0.5, 0.6) is 5.75 Å². The molecule has 1 aromatic rings. The Labute approximate surface area is 132 Å². The van der Waals surface area contributed by atoms with E-state index in [2.05, 4.69) is 20.7 Å². The van der Waals surface area contributed by atoms with Crippen molar-refractivity contribution in [3.8, 4) is 5.75 Å². The molecular formula is C12H16BrClN2O3S. The standard InChI is InChI=1S/C12H16BrClN2O3S/c1-19-11-4-8(13)12(5-9(11)14)20(17,18)16-10(6-15)7-2-3-7/h4-5,7,10,16H,2-3,6,15H2,1H3. The van der Waals surface area contributed by atoms with E-state index in [0.29, 0.717) is 16.1 Å². The van der Waals surface area contributed by atoms with Gasteiger partial charge in [-0.25, -0.2) is 13.1 Å². The van der Waals surface area contributed by atoms with E-state index >= 15 is 0 Å². The van der Waals surface area contributed by atoms with E-state index in [0.717, 1.165) is 12.8 Å². The minimum absolute atomic E-state index is 0.0856. The average Bonchev–Trinajstić information content (AvgIpc) is 3.22. The van der Waals surface area contributed by atoms with Crippen LogP contribution in [0.15, 0.2) is 21.5 Å². The largest absolute Gasteiger partial charge is 0.495 e. The minimum atomic E-state index is -3.67. The summed E-state index contributed by atoms with van der Waals surface area (Å²) >= 11 is 9.22. The first-order valence-electron chi connectivity index (χ1n) is 6.14. The third kappa shape index (κ3) is 3.46. The molecule has 1 aliphatic rings. The zero-order chi connectivity index (χ0) is 14.9. The summed E-state index contributed by atoms with van der Waals surface area (Å²) in [6.45, 7) is 0.283. The van der Waals surface area contributed by atoms with Gasteiger partial charge >= 0.3 is 0 Å². The summed E-state index contributed by atoms with van der Waals surface area (Å²) in [4.78, 5) is 0.0856. The number of methoxy groups -OCH3 is 1. The lowest BCUT2D eigenvalue weighted by atomic mass is 10.2. The van der Waals surface area contributed by atoms with Crippen molar-refractivity contribution < 1.29 is 13.2 Å². The van der Waals surface area contributed by atoms with Crippen molar-refractivity contribution in [1.82, 2.24) is 4.72 Å². The second-order valence-electron chi connectivity index (χ2n) is 4.72. The van der Waals surface area contributed by atoms with Gasteiger partial charge in [-0.1, -0.05) is 11.6 Å². The van der Waals surface area contributed by atoms with Crippen molar-refractivity contribution in [3.63, 3.8) is 0 Å². The van der Waals surface area contributed by atoms with E-state index in [9.17, 15) is 8.42 Å². The molecular weight excluding hydrogens is 368 g/mol. The summed E-state index contributed by atoms with van der Waals surface area (Å²) in [5.74, 6) is 0.748. The number of nitrogens with two attached hydrogens (primary N) is 1. The van der Waals surface area contributed by atoms with Crippen molar-refractivity contribution in [3.05, 3.63) is 21.6 Å². The molecule has 1 unspecified atom stereocenters. The monoisotopic (exact) mass is 382 g/mol. The van der Waals surface area contributed by atoms with Crippen LogP contribution in [0.25, 0.3) is 0 Å². The van der Waals surface area contributed by atoms with Crippen LogP contribution in [0.4, 0.5) is 0 Å². The highest BCUT2D eigenvalue weighted by atomic mass is 79.9. The Morgan fingerprint density at radius 2 is 2.20 bits per heavy atom. The van der Waals surface area contributed by atoms with Gasteiger partial charge in [-0.15, -0.1) is 0 Å². The first kappa shape index (κ1) is 16.0. The molecule has 0 radical (unpaired) electrons. The molecule has 8 heteroatoms. The number of sulfonamides is 1. The molecule has 112 valence electrons. The highest BCUT2D eigenvalue weighted by Crippen LogP contribution is 2.36. The van der Waals surface area contributed by atoms with Crippen molar-refractivity contribution in [2.45, 2.75) is 23.8 Å². The van der Waals surface area contributed by atoms with Crippen molar-refractivity contribution in [2.24, 2.45) is 11.7 Å². The topological polar surface area (TPSA) is 81.4 Å². The number of rotatable bonds is 6.